The maximum atomic E-state index is 13.2. The van der Waals surface area contributed by atoms with Crippen LogP contribution in [0.3, 0.4) is 0 Å². The number of nitrogens with one attached hydrogen (secondary N) is 1. The first kappa shape index (κ1) is 20.6. The normalized spacial score (nSPS) is 12.2. The second-order valence-corrected chi connectivity index (χ2v) is 6.42. The van der Waals surface area contributed by atoms with E-state index in [0.717, 1.165) is 6.07 Å². The van der Waals surface area contributed by atoms with Crippen LogP contribution in [-0.2, 0) is 14.3 Å². The Labute approximate surface area is 146 Å². The molecule has 0 heterocycles. The monoisotopic (exact) mass is 353 g/mol. The van der Waals surface area contributed by atoms with Gasteiger partial charge in [0.1, 0.15) is 17.5 Å². The van der Waals surface area contributed by atoms with E-state index in [0.29, 0.717) is 0 Å². The molecule has 1 atom stereocenters. The molecule has 0 fully saturated rings. The number of amides is 1. The van der Waals surface area contributed by atoms with Crippen LogP contribution in [0.4, 0.5) is 9.18 Å². The summed E-state index contributed by atoms with van der Waals surface area (Å²) in [5.74, 6) is -1.50. The summed E-state index contributed by atoms with van der Waals surface area (Å²) in [6.07, 6.45) is -0.806. The van der Waals surface area contributed by atoms with Crippen LogP contribution in [0.2, 0.25) is 0 Å². The number of ketones is 1. The molecular weight excluding hydrogens is 329 g/mol. The lowest BCUT2D eigenvalue weighted by molar-refractivity contribution is -0.145. The Morgan fingerprint density at radius 2 is 1.92 bits per heavy atom. The van der Waals surface area contributed by atoms with Gasteiger partial charge in [-0.15, -0.1) is 0 Å². The minimum atomic E-state index is -1.02. The van der Waals surface area contributed by atoms with Crippen LogP contribution in [0.25, 0.3) is 0 Å². The van der Waals surface area contributed by atoms with Crippen molar-refractivity contribution in [1.29, 1.82) is 0 Å². The fraction of sp³-hybridized carbons (Fsp3) is 0.500. The van der Waals surface area contributed by atoms with Gasteiger partial charge in [-0.05, 0) is 46.2 Å². The molecule has 1 unspecified atom stereocenters. The number of benzene rings is 1. The molecule has 25 heavy (non-hydrogen) atoms. The van der Waals surface area contributed by atoms with E-state index in [9.17, 15) is 18.8 Å². The number of halogens is 1. The number of carbonyl (C=O) groups is 3. The van der Waals surface area contributed by atoms with E-state index in [1.54, 1.807) is 27.7 Å². The van der Waals surface area contributed by atoms with Gasteiger partial charge in [0.05, 0.1) is 6.61 Å². The molecule has 0 bridgehead atoms. The third-order valence-corrected chi connectivity index (χ3v) is 3.07. The Bertz CT molecular complexity index is 624. The van der Waals surface area contributed by atoms with Crippen LogP contribution in [-0.4, -0.2) is 36.1 Å². The zero-order valence-corrected chi connectivity index (χ0v) is 14.9. The molecule has 6 nitrogen and oxygen atoms in total. The van der Waals surface area contributed by atoms with Crippen molar-refractivity contribution in [2.75, 3.05) is 6.61 Å². The summed E-state index contributed by atoms with van der Waals surface area (Å²) in [5.41, 5.74) is -0.513. The van der Waals surface area contributed by atoms with Crippen LogP contribution in [0.15, 0.2) is 24.3 Å². The summed E-state index contributed by atoms with van der Waals surface area (Å²) >= 11 is 0. The Kier molecular flexibility index (Phi) is 7.54. The minimum Gasteiger partial charge on any atom is -0.464 e. The smallest absolute Gasteiger partial charge is 0.408 e. The van der Waals surface area contributed by atoms with E-state index in [-0.39, 0.29) is 30.8 Å². The quantitative estimate of drug-likeness (QED) is 0.601. The average molecular weight is 353 g/mol. The van der Waals surface area contributed by atoms with E-state index in [4.69, 9.17) is 9.47 Å². The molecule has 1 N–H and O–H groups in total. The van der Waals surface area contributed by atoms with Crippen LogP contribution < -0.4 is 5.32 Å². The number of esters is 1. The fourth-order valence-electron chi connectivity index (χ4n) is 2.02. The van der Waals surface area contributed by atoms with Crippen molar-refractivity contribution in [3.8, 4) is 0 Å². The third kappa shape index (κ3) is 7.78. The number of Topliss-reactive ketones (excluding diaryl/α,β-unsaturated/α-hetero) is 1. The highest BCUT2D eigenvalue weighted by atomic mass is 19.1. The van der Waals surface area contributed by atoms with Gasteiger partial charge in [0, 0.05) is 12.0 Å². The zero-order valence-electron chi connectivity index (χ0n) is 14.9. The van der Waals surface area contributed by atoms with E-state index < -0.39 is 29.5 Å². The molecule has 1 aromatic carbocycles. The fourth-order valence-corrected chi connectivity index (χ4v) is 2.02. The molecule has 0 aliphatic carbocycles. The van der Waals surface area contributed by atoms with Crippen LogP contribution in [0.1, 0.15) is 50.9 Å². The second kappa shape index (κ2) is 9.15. The number of rotatable bonds is 7. The van der Waals surface area contributed by atoms with E-state index in [2.05, 4.69) is 5.32 Å². The maximum Gasteiger partial charge on any atom is 0.408 e. The Morgan fingerprint density at radius 1 is 1.24 bits per heavy atom. The Hall–Kier alpha value is -2.44. The van der Waals surface area contributed by atoms with Gasteiger partial charge >= 0.3 is 12.1 Å². The second-order valence-electron chi connectivity index (χ2n) is 6.42. The van der Waals surface area contributed by atoms with E-state index in [1.807, 2.05) is 0 Å². The van der Waals surface area contributed by atoms with Crippen molar-refractivity contribution < 1.29 is 28.2 Å². The molecule has 0 aliphatic rings. The van der Waals surface area contributed by atoms with Crippen LogP contribution >= 0.6 is 0 Å². The largest absolute Gasteiger partial charge is 0.464 e. The summed E-state index contributed by atoms with van der Waals surface area (Å²) in [6, 6.07) is 4.27. The van der Waals surface area contributed by atoms with Crippen molar-refractivity contribution in [1.82, 2.24) is 5.32 Å². The Morgan fingerprint density at radius 3 is 2.48 bits per heavy atom. The zero-order chi connectivity index (χ0) is 19.0. The molecule has 1 aromatic rings. The van der Waals surface area contributed by atoms with Gasteiger partial charge in [0.2, 0.25) is 0 Å². The van der Waals surface area contributed by atoms with Gasteiger partial charge < -0.3 is 14.8 Å². The predicted molar refractivity (Wildman–Crippen MR) is 89.8 cm³/mol. The highest BCUT2D eigenvalue weighted by molar-refractivity contribution is 5.96. The summed E-state index contributed by atoms with van der Waals surface area (Å²) in [4.78, 5) is 36.0. The summed E-state index contributed by atoms with van der Waals surface area (Å²) < 4.78 is 23.2. The first-order valence-electron chi connectivity index (χ1n) is 8.07. The number of carbonyl (C=O) groups excluding carboxylic acids is 3. The van der Waals surface area contributed by atoms with Gasteiger partial charge in [-0.1, -0.05) is 12.1 Å². The van der Waals surface area contributed by atoms with Gasteiger partial charge in [-0.3, -0.25) is 4.79 Å². The minimum absolute atomic E-state index is 0.0213. The molecule has 0 spiro atoms. The predicted octanol–water partition coefficient (Wildman–Crippen LogP) is 3.25. The average Bonchev–Trinajstić information content (AvgIpc) is 2.49. The van der Waals surface area contributed by atoms with Crippen molar-refractivity contribution in [3.63, 3.8) is 0 Å². The molecule has 0 aromatic heterocycles. The first-order chi connectivity index (χ1) is 11.6. The molecule has 0 aliphatic heterocycles. The molecule has 0 saturated heterocycles. The highest BCUT2D eigenvalue weighted by Crippen LogP contribution is 2.12. The molecular formula is C18H24FNO5. The van der Waals surface area contributed by atoms with Crippen molar-refractivity contribution in [2.45, 2.75) is 52.2 Å². The number of hydrogen-bond donors (Lipinski definition) is 1. The molecule has 1 amide bonds. The van der Waals surface area contributed by atoms with Crippen LogP contribution in [0, 0.1) is 5.82 Å². The van der Waals surface area contributed by atoms with E-state index >= 15 is 0 Å². The SMILES string of the molecule is CCOC(=O)C(CCC(=O)c1cccc(F)c1)NC(=O)OC(C)(C)C. The lowest BCUT2D eigenvalue weighted by Gasteiger charge is -2.22. The van der Waals surface area contributed by atoms with Gasteiger partial charge in [-0.25, -0.2) is 14.0 Å². The van der Waals surface area contributed by atoms with Gasteiger partial charge in [0.15, 0.2) is 5.78 Å². The standard InChI is InChI=1S/C18H24FNO5/c1-5-24-16(22)14(20-17(23)25-18(2,3)4)9-10-15(21)12-7-6-8-13(19)11-12/h6-8,11,14H,5,9-10H2,1-4H3,(H,20,23). The number of hydrogen-bond acceptors (Lipinski definition) is 5. The summed E-state index contributed by atoms with van der Waals surface area (Å²) in [6.45, 7) is 6.86. The maximum absolute atomic E-state index is 13.2. The lowest BCUT2D eigenvalue weighted by atomic mass is 10.0. The van der Waals surface area contributed by atoms with E-state index in [1.165, 1.54) is 18.2 Å². The first-order valence-corrected chi connectivity index (χ1v) is 8.07. The highest BCUT2D eigenvalue weighted by Gasteiger charge is 2.26. The Balaban J connectivity index is 2.72. The van der Waals surface area contributed by atoms with Crippen LogP contribution in [0.5, 0.6) is 0 Å². The molecule has 138 valence electrons. The molecule has 7 heteroatoms. The molecule has 1 rings (SSSR count). The van der Waals surface area contributed by atoms with Crippen molar-refractivity contribution in [3.05, 3.63) is 35.6 Å². The van der Waals surface area contributed by atoms with Crippen molar-refractivity contribution >= 4 is 17.8 Å². The lowest BCUT2D eigenvalue weighted by Crippen LogP contribution is -2.44. The topological polar surface area (TPSA) is 81.7 Å². The van der Waals surface area contributed by atoms with Gasteiger partial charge in [-0.2, -0.15) is 0 Å². The van der Waals surface area contributed by atoms with Crippen molar-refractivity contribution in [2.24, 2.45) is 0 Å². The summed E-state index contributed by atoms with van der Waals surface area (Å²) in [7, 11) is 0. The van der Waals surface area contributed by atoms with Gasteiger partial charge in [0.25, 0.3) is 0 Å². The number of ether oxygens (including phenoxy) is 2. The molecule has 0 saturated carbocycles. The molecule has 0 radical (unpaired) electrons. The number of alkyl carbamates (subject to hydrolysis) is 1. The summed E-state index contributed by atoms with van der Waals surface area (Å²) in [5, 5.41) is 2.41. The third-order valence-electron chi connectivity index (χ3n) is 3.07.